The highest BCUT2D eigenvalue weighted by Crippen LogP contribution is 2.29. The molecule has 0 amide bonds. The van der Waals surface area contributed by atoms with Gasteiger partial charge in [0.15, 0.2) is 12.8 Å². The fourth-order valence-corrected chi connectivity index (χ4v) is 2.56. The summed E-state index contributed by atoms with van der Waals surface area (Å²) in [5.74, 6) is 0.986. The lowest BCUT2D eigenvalue weighted by atomic mass is 10.1. The van der Waals surface area contributed by atoms with E-state index in [9.17, 15) is 4.39 Å². The molecular weight excluding hydrogens is 323 g/mol. The SMILES string of the molecule is CCNC(=NCc1cc(F)cc2c1OCOC2)NCc1ccccn1. The molecule has 0 saturated heterocycles. The van der Waals surface area contributed by atoms with E-state index in [4.69, 9.17) is 9.47 Å². The first kappa shape index (κ1) is 17.2. The molecule has 0 unspecified atom stereocenters. The molecule has 0 atom stereocenters. The van der Waals surface area contributed by atoms with E-state index in [1.165, 1.54) is 12.1 Å². The van der Waals surface area contributed by atoms with Gasteiger partial charge in [-0.15, -0.1) is 0 Å². The lowest BCUT2D eigenvalue weighted by Gasteiger charge is -2.20. The molecule has 132 valence electrons. The average Bonchev–Trinajstić information content (AvgIpc) is 2.64. The van der Waals surface area contributed by atoms with Gasteiger partial charge in [-0.25, -0.2) is 9.38 Å². The summed E-state index contributed by atoms with van der Waals surface area (Å²) in [5.41, 5.74) is 2.33. The van der Waals surface area contributed by atoms with E-state index in [2.05, 4.69) is 20.6 Å². The maximum absolute atomic E-state index is 13.8. The molecular formula is C18H21FN4O2. The molecule has 2 aromatic rings. The number of halogens is 1. The van der Waals surface area contributed by atoms with Crippen LogP contribution < -0.4 is 15.4 Å². The van der Waals surface area contributed by atoms with Gasteiger partial charge in [-0.1, -0.05) is 6.07 Å². The van der Waals surface area contributed by atoms with Crippen molar-refractivity contribution in [2.75, 3.05) is 13.3 Å². The van der Waals surface area contributed by atoms with Crippen molar-refractivity contribution in [2.45, 2.75) is 26.6 Å². The number of ether oxygens (including phenoxy) is 2. The molecule has 7 heteroatoms. The maximum Gasteiger partial charge on any atom is 0.191 e. The topological polar surface area (TPSA) is 67.8 Å². The summed E-state index contributed by atoms with van der Waals surface area (Å²) in [7, 11) is 0. The Morgan fingerprint density at radius 2 is 2.24 bits per heavy atom. The summed E-state index contributed by atoms with van der Waals surface area (Å²) >= 11 is 0. The normalized spacial score (nSPS) is 13.8. The van der Waals surface area contributed by atoms with Crippen LogP contribution in [0.2, 0.25) is 0 Å². The molecule has 2 N–H and O–H groups in total. The number of hydrogen-bond acceptors (Lipinski definition) is 4. The Morgan fingerprint density at radius 3 is 3.04 bits per heavy atom. The Labute approximate surface area is 146 Å². The second kappa shape index (κ2) is 8.43. The number of benzene rings is 1. The molecule has 0 bridgehead atoms. The van der Waals surface area contributed by atoms with Crippen molar-refractivity contribution in [3.63, 3.8) is 0 Å². The van der Waals surface area contributed by atoms with Crippen molar-refractivity contribution >= 4 is 5.96 Å². The number of nitrogens with one attached hydrogen (secondary N) is 2. The van der Waals surface area contributed by atoms with E-state index in [1.807, 2.05) is 25.1 Å². The van der Waals surface area contributed by atoms with Gasteiger partial charge < -0.3 is 20.1 Å². The van der Waals surface area contributed by atoms with Crippen LogP contribution in [-0.4, -0.2) is 24.3 Å². The average molecular weight is 344 g/mol. The molecule has 6 nitrogen and oxygen atoms in total. The van der Waals surface area contributed by atoms with Crippen LogP contribution in [0.5, 0.6) is 5.75 Å². The molecule has 0 saturated carbocycles. The molecule has 1 aromatic heterocycles. The van der Waals surface area contributed by atoms with E-state index in [0.717, 1.165) is 12.2 Å². The van der Waals surface area contributed by atoms with Crippen molar-refractivity contribution in [3.8, 4) is 5.75 Å². The molecule has 0 spiro atoms. The third-order valence-corrected chi connectivity index (χ3v) is 3.67. The fraction of sp³-hybridized carbons (Fsp3) is 0.333. The highest BCUT2D eigenvalue weighted by molar-refractivity contribution is 5.79. The predicted molar refractivity (Wildman–Crippen MR) is 92.6 cm³/mol. The minimum absolute atomic E-state index is 0.174. The van der Waals surface area contributed by atoms with Crippen molar-refractivity contribution in [1.82, 2.24) is 15.6 Å². The molecule has 1 aliphatic rings. The number of rotatable bonds is 5. The van der Waals surface area contributed by atoms with Gasteiger partial charge in [0.1, 0.15) is 11.6 Å². The molecule has 2 heterocycles. The van der Waals surface area contributed by atoms with Crippen molar-refractivity contribution in [1.29, 1.82) is 0 Å². The second-order valence-electron chi connectivity index (χ2n) is 5.53. The number of aromatic nitrogens is 1. The number of aliphatic imine (C=N–C) groups is 1. The summed E-state index contributed by atoms with van der Waals surface area (Å²) in [5, 5.41) is 6.39. The van der Waals surface area contributed by atoms with E-state index in [-0.39, 0.29) is 12.6 Å². The van der Waals surface area contributed by atoms with E-state index < -0.39 is 0 Å². The Balaban J connectivity index is 1.72. The minimum atomic E-state index is -0.315. The van der Waals surface area contributed by atoms with Crippen LogP contribution in [0.25, 0.3) is 0 Å². The van der Waals surface area contributed by atoms with Crippen LogP contribution in [0.1, 0.15) is 23.7 Å². The number of guanidine groups is 1. The standard InChI is InChI=1S/C18H21FN4O2/c1-2-20-18(23-10-16-5-3-4-6-21-16)22-9-13-7-15(19)8-14-11-24-12-25-17(13)14/h3-8H,2,9-12H2,1H3,(H2,20,22,23). The van der Waals surface area contributed by atoms with Gasteiger partial charge in [-0.3, -0.25) is 4.98 Å². The summed E-state index contributed by atoms with van der Waals surface area (Å²) < 4.78 is 24.5. The van der Waals surface area contributed by atoms with Gasteiger partial charge >= 0.3 is 0 Å². The van der Waals surface area contributed by atoms with Crippen LogP contribution in [0, 0.1) is 5.82 Å². The van der Waals surface area contributed by atoms with E-state index >= 15 is 0 Å². The van der Waals surface area contributed by atoms with Gasteiger partial charge in [0.05, 0.1) is 25.4 Å². The Bertz CT molecular complexity index is 737. The zero-order valence-corrected chi connectivity index (χ0v) is 14.1. The highest BCUT2D eigenvalue weighted by atomic mass is 19.1. The lowest BCUT2D eigenvalue weighted by molar-refractivity contribution is -0.0172. The number of nitrogens with zero attached hydrogens (tertiary/aromatic N) is 2. The third-order valence-electron chi connectivity index (χ3n) is 3.67. The van der Waals surface area contributed by atoms with Crippen molar-refractivity contribution < 1.29 is 13.9 Å². The first-order valence-corrected chi connectivity index (χ1v) is 8.20. The van der Waals surface area contributed by atoms with Gasteiger partial charge in [0.2, 0.25) is 0 Å². The highest BCUT2D eigenvalue weighted by Gasteiger charge is 2.16. The third kappa shape index (κ3) is 4.67. The fourth-order valence-electron chi connectivity index (χ4n) is 2.56. The molecule has 1 aromatic carbocycles. The summed E-state index contributed by atoms with van der Waals surface area (Å²) in [6.45, 7) is 4.09. The van der Waals surface area contributed by atoms with Crippen LogP contribution in [-0.2, 0) is 24.4 Å². The smallest absolute Gasteiger partial charge is 0.191 e. The molecule has 0 fully saturated rings. The Hall–Kier alpha value is -2.67. The molecule has 0 aliphatic carbocycles. The predicted octanol–water partition coefficient (Wildman–Crippen LogP) is 2.34. The quantitative estimate of drug-likeness (QED) is 0.644. The second-order valence-corrected chi connectivity index (χ2v) is 5.53. The van der Waals surface area contributed by atoms with Gasteiger partial charge in [-0.05, 0) is 31.2 Å². The Morgan fingerprint density at radius 1 is 1.32 bits per heavy atom. The maximum atomic E-state index is 13.8. The van der Waals surface area contributed by atoms with Crippen LogP contribution in [0.3, 0.4) is 0 Å². The van der Waals surface area contributed by atoms with Crippen molar-refractivity contribution in [3.05, 3.63) is 59.2 Å². The van der Waals surface area contributed by atoms with Crippen LogP contribution in [0.15, 0.2) is 41.5 Å². The van der Waals surface area contributed by atoms with E-state index in [0.29, 0.717) is 42.5 Å². The van der Waals surface area contributed by atoms with Gasteiger partial charge in [0, 0.05) is 23.9 Å². The molecule has 1 aliphatic heterocycles. The van der Waals surface area contributed by atoms with Gasteiger partial charge in [0.25, 0.3) is 0 Å². The number of hydrogen-bond donors (Lipinski definition) is 2. The monoisotopic (exact) mass is 344 g/mol. The van der Waals surface area contributed by atoms with E-state index in [1.54, 1.807) is 6.20 Å². The summed E-state index contributed by atoms with van der Waals surface area (Å²) in [6.07, 6.45) is 1.75. The molecule has 0 radical (unpaired) electrons. The lowest BCUT2D eigenvalue weighted by Crippen LogP contribution is -2.37. The minimum Gasteiger partial charge on any atom is -0.467 e. The van der Waals surface area contributed by atoms with Gasteiger partial charge in [-0.2, -0.15) is 0 Å². The molecule has 3 rings (SSSR count). The zero-order chi connectivity index (χ0) is 17.5. The summed E-state index contributed by atoms with van der Waals surface area (Å²) in [6, 6.07) is 8.64. The Kier molecular flexibility index (Phi) is 5.79. The first-order chi connectivity index (χ1) is 12.3. The number of pyridine rings is 1. The molecule has 25 heavy (non-hydrogen) atoms. The zero-order valence-electron chi connectivity index (χ0n) is 14.1. The summed E-state index contributed by atoms with van der Waals surface area (Å²) in [4.78, 5) is 8.80. The van der Waals surface area contributed by atoms with Crippen LogP contribution in [0.4, 0.5) is 4.39 Å². The first-order valence-electron chi connectivity index (χ1n) is 8.20. The largest absolute Gasteiger partial charge is 0.467 e. The number of fused-ring (bicyclic) bond motifs is 1. The van der Waals surface area contributed by atoms with Crippen LogP contribution >= 0.6 is 0 Å². The van der Waals surface area contributed by atoms with Crippen molar-refractivity contribution in [2.24, 2.45) is 4.99 Å².